The van der Waals surface area contributed by atoms with Gasteiger partial charge in [0.15, 0.2) is 0 Å². The third kappa shape index (κ3) is 2.12. The Balaban J connectivity index is 2.31. The molecule has 0 fully saturated rings. The molecule has 0 aliphatic carbocycles. The van der Waals surface area contributed by atoms with Gasteiger partial charge in [-0.25, -0.2) is 0 Å². The first-order chi connectivity index (χ1) is 7.16. The molecule has 1 aliphatic heterocycles. The highest BCUT2D eigenvalue weighted by atomic mass is 16.2. The molecule has 0 spiro atoms. The summed E-state index contributed by atoms with van der Waals surface area (Å²) in [5.74, 6) is 0.144. The van der Waals surface area contributed by atoms with Crippen molar-refractivity contribution >= 4 is 11.6 Å². The Morgan fingerprint density at radius 3 is 2.93 bits per heavy atom. The van der Waals surface area contributed by atoms with Crippen LogP contribution in [0, 0.1) is 0 Å². The predicted molar refractivity (Wildman–Crippen MR) is 60.3 cm³/mol. The number of carbonyl (C=O) groups is 1. The summed E-state index contributed by atoms with van der Waals surface area (Å²) in [6.45, 7) is 3.18. The summed E-state index contributed by atoms with van der Waals surface area (Å²) in [4.78, 5) is 13.2. The van der Waals surface area contributed by atoms with Crippen molar-refractivity contribution in [1.82, 2.24) is 4.90 Å². The number of nitrogen functional groups attached to an aromatic ring is 1. The van der Waals surface area contributed by atoms with Gasteiger partial charge < -0.3 is 10.6 Å². The number of aryl methyl sites for hydroxylation is 1. The lowest BCUT2D eigenvalue weighted by Crippen LogP contribution is -2.28. The Morgan fingerprint density at radius 1 is 1.40 bits per heavy atom. The Kier molecular flexibility index (Phi) is 2.62. The molecule has 2 N–H and O–H groups in total. The highest BCUT2D eigenvalue weighted by molar-refractivity contribution is 5.73. The number of hydrogen-bond acceptors (Lipinski definition) is 2. The van der Waals surface area contributed by atoms with E-state index >= 15 is 0 Å². The topological polar surface area (TPSA) is 46.3 Å². The Morgan fingerprint density at radius 2 is 2.20 bits per heavy atom. The van der Waals surface area contributed by atoms with Gasteiger partial charge in [0.25, 0.3) is 0 Å². The quantitative estimate of drug-likeness (QED) is 0.652. The molecule has 0 radical (unpaired) electrons. The molecule has 0 saturated heterocycles. The fourth-order valence-corrected chi connectivity index (χ4v) is 2.05. The van der Waals surface area contributed by atoms with Gasteiger partial charge in [-0.05, 0) is 36.1 Å². The maximum absolute atomic E-state index is 11.3. The van der Waals surface area contributed by atoms with Crippen LogP contribution < -0.4 is 5.73 Å². The number of rotatable bonds is 0. The van der Waals surface area contributed by atoms with Gasteiger partial charge in [-0.2, -0.15) is 0 Å². The lowest BCUT2D eigenvalue weighted by Gasteiger charge is -2.18. The Labute approximate surface area is 89.9 Å². The van der Waals surface area contributed by atoms with Gasteiger partial charge in [-0.1, -0.05) is 6.07 Å². The van der Waals surface area contributed by atoms with E-state index in [1.54, 1.807) is 6.92 Å². The van der Waals surface area contributed by atoms with E-state index in [4.69, 9.17) is 5.73 Å². The number of fused-ring (bicyclic) bond motifs is 1. The molecule has 2 rings (SSSR count). The molecule has 0 saturated carbocycles. The van der Waals surface area contributed by atoms with Crippen molar-refractivity contribution in [2.24, 2.45) is 0 Å². The van der Waals surface area contributed by atoms with Crippen molar-refractivity contribution < 1.29 is 4.79 Å². The van der Waals surface area contributed by atoms with E-state index in [0.717, 1.165) is 25.1 Å². The van der Waals surface area contributed by atoms with Crippen LogP contribution in [0.5, 0.6) is 0 Å². The standard InChI is InChI=1S/C12H16N2O/c1-9(15)14-6-2-3-10-4-5-12(13)7-11(10)8-14/h4-5,7H,2-3,6,8,13H2,1H3. The van der Waals surface area contributed by atoms with E-state index in [0.29, 0.717) is 6.54 Å². The van der Waals surface area contributed by atoms with Crippen LogP contribution in [0.1, 0.15) is 24.5 Å². The van der Waals surface area contributed by atoms with Crippen LogP contribution in [0.25, 0.3) is 0 Å². The highest BCUT2D eigenvalue weighted by Gasteiger charge is 2.15. The summed E-state index contributed by atoms with van der Waals surface area (Å²) in [5, 5.41) is 0. The minimum absolute atomic E-state index is 0.144. The van der Waals surface area contributed by atoms with Crippen molar-refractivity contribution in [3.8, 4) is 0 Å². The van der Waals surface area contributed by atoms with Gasteiger partial charge in [0.2, 0.25) is 5.91 Å². The number of anilines is 1. The minimum atomic E-state index is 0.144. The maximum Gasteiger partial charge on any atom is 0.219 e. The molecule has 1 aromatic carbocycles. The van der Waals surface area contributed by atoms with Crippen molar-refractivity contribution in [3.63, 3.8) is 0 Å². The molecular formula is C12H16N2O. The van der Waals surface area contributed by atoms with Crippen molar-refractivity contribution in [1.29, 1.82) is 0 Å². The van der Waals surface area contributed by atoms with Crippen LogP contribution in [0.3, 0.4) is 0 Å². The van der Waals surface area contributed by atoms with E-state index in [1.165, 1.54) is 11.1 Å². The smallest absolute Gasteiger partial charge is 0.219 e. The van der Waals surface area contributed by atoms with Gasteiger partial charge >= 0.3 is 0 Å². The third-order valence-electron chi connectivity index (χ3n) is 2.91. The zero-order valence-electron chi connectivity index (χ0n) is 8.99. The van der Waals surface area contributed by atoms with Gasteiger partial charge in [-0.15, -0.1) is 0 Å². The second-order valence-electron chi connectivity index (χ2n) is 4.07. The lowest BCUT2D eigenvalue weighted by atomic mass is 10.0. The Bertz CT molecular complexity index is 387. The van der Waals surface area contributed by atoms with Crippen molar-refractivity contribution in [3.05, 3.63) is 29.3 Å². The van der Waals surface area contributed by atoms with Crippen LogP contribution in [-0.4, -0.2) is 17.4 Å². The summed E-state index contributed by atoms with van der Waals surface area (Å²) in [6, 6.07) is 5.99. The molecule has 3 heteroatoms. The largest absolute Gasteiger partial charge is 0.399 e. The molecule has 1 aliphatic rings. The molecule has 3 nitrogen and oxygen atoms in total. The summed E-state index contributed by atoms with van der Waals surface area (Å²) in [6.07, 6.45) is 2.08. The van der Waals surface area contributed by atoms with E-state index < -0.39 is 0 Å². The second kappa shape index (κ2) is 3.93. The average Bonchev–Trinajstić information content (AvgIpc) is 2.39. The minimum Gasteiger partial charge on any atom is -0.399 e. The monoisotopic (exact) mass is 204 g/mol. The zero-order valence-corrected chi connectivity index (χ0v) is 8.99. The van der Waals surface area contributed by atoms with Gasteiger partial charge in [0.1, 0.15) is 0 Å². The zero-order chi connectivity index (χ0) is 10.8. The molecule has 0 unspecified atom stereocenters. The maximum atomic E-state index is 11.3. The molecule has 1 aromatic rings. The van der Waals surface area contributed by atoms with E-state index in [-0.39, 0.29) is 5.91 Å². The van der Waals surface area contributed by atoms with Crippen LogP contribution in [0.15, 0.2) is 18.2 Å². The number of amides is 1. The number of nitrogens with two attached hydrogens (primary N) is 1. The highest BCUT2D eigenvalue weighted by Crippen LogP contribution is 2.21. The van der Waals surface area contributed by atoms with Crippen molar-refractivity contribution in [2.75, 3.05) is 12.3 Å². The fraction of sp³-hybridized carbons (Fsp3) is 0.417. The number of nitrogens with zero attached hydrogens (tertiary/aromatic N) is 1. The third-order valence-corrected chi connectivity index (χ3v) is 2.91. The lowest BCUT2D eigenvalue weighted by molar-refractivity contribution is -0.129. The van der Waals surface area contributed by atoms with Crippen molar-refractivity contribution in [2.45, 2.75) is 26.3 Å². The Hall–Kier alpha value is -1.51. The molecule has 15 heavy (non-hydrogen) atoms. The molecule has 0 atom stereocenters. The molecular weight excluding hydrogens is 188 g/mol. The molecule has 1 heterocycles. The predicted octanol–water partition coefficient (Wildman–Crippen LogP) is 1.56. The summed E-state index contributed by atoms with van der Waals surface area (Å²) < 4.78 is 0. The normalized spacial score (nSPS) is 15.7. The summed E-state index contributed by atoms with van der Waals surface area (Å²) >= 11 is 0. The van der Waals surface area contributed by atoms with Crippen LogP contribution >= 0.6 is 0 Å². The molecule has 0 aromatic heterocycles. The molecule has 1 amide bonds. The number of hydrogen-bond donors (Lipinski definition) is 1. The van der Waals surface area contributed by atoms with E-state index in [1.807, 2.05) is 17.0 Å². The van der Waals surface area contributed by atoms with Crippen LogP contribution in [-0.2, 0) is 17.8 Å². The fourth-order valence-electron chi connectivity index (χ4n) is 2.05. The van der Waals surface area contributed by atoms with Gasteiger partial charge in [0.05, 0.1) is 0 Å². The first kappa shape index (κ1) is 10.0. The second-order valence-corrected chi connectivity index (χ2v) is 4.07. The molecule has 0 bridgehead atoms. The van der Waals surface area contributed by atoms with Gasteiger partial charge in [0, 0.05) is 25.7 Å². The number of benzene rings is 1. The SMILES string of the molecule is CC(=O)N1CCCc2ccc(N)cc2C1. The van der Waals surface area contributed by atoms with E-state index in [2.05, 4.69) is 6.07 Å². The summed E-state index contributed by atoms with van der Waals surface area (Å²) in [7, 11) is 0. The van der Waals surface area contributed by atoms with Crippen LogP contribution in [0.4, 0.5) is 5.69 Å². The number of carbonyl (C=O) groups excluding carboxylic acids is 1. The molecule has 80 valence electrons. The first-order valence-electron chi connectivity index (χ1n) is 5.29. The van der Waals surface area contributed by atoms with E-state index in [9.17, 15) is 4.79 Å². The first-order valence-corrected chi connectivity index (χ1v) is 5.29. The van der Waals surface area contributed by atoms with Gasteiger partial charge in [-0.3, -0.25) is 4.79 Å². The summed E-state index contributed by atoms with van der Waals surface area (Å²) in [5.41, 5.74) is 9.05. The van der Waals surface area contributed by atoms with Crippen LogP contribution in [0.2, 0.25) is 0 Å². The average molecular weight is 204 g/mol.